The fourth-order valence-electron chi connectivity index (χ4n) is 2.26. The number of methoxy groups -OCH3 is 1. The lowest BCUT2D eigenvalue weighted by molar-refractivity contribution is 0.409. The number of benzene rings is 2. The Bertz CT molecular complexity index is 525. The Hall–Kier alpha value is -1.51. The third-order valence-corrected chi connectivity index (χ3v) is 3.52. The first kappa shape index (κ1) is 17.5. The van der Waals surface area contributed by atoms with Gasteiger partial charge in [0.05, 0.1) is 7.11 Å². The van der Waals surface area contributed by atoms with E-state index in [9.17, 15) is 0 Å². The first-order valence-electron chi connectivity index (χ1n) is 7.24. The molecule has 0 amide bonds. The van der Waals surface area contributed by atoms with E-state index in [1.54, 1.807) is 7.11 Å². The molecule has 2 aromatic carbocycles. The standard InChI is InChI=1S/C18H23NO.ClH/c1-3-15-8-10-16(11-9-15)14-19-13-12-17-6-4-5-7-18(17)20-2;/h4-11,19H,3,12-14H2,1-2H3;1H. The Morgan fingerprint density at radius 1 is 0.952 bits per heavy atom. The van der Waals surface area contributed by atoms with Crippen molar-refractivity contribution < 1.29 is 4.74 Å². The van der Waals surface area contributed by atoms with Gasteiger partial charge in [-0.3, -0.25) is 0 Å². The summed E-state index contributed by atoms with van der Waals surface area (Å²) in [5.74, 6) is 0.974. The van der Waals surface area contributed by atoms with Crippen molar-refractivity contribution in [1.29, 1.82) is 0 Å². The van der Waals surface area contributed by atoms with Crippen molar-refractivity contribution in [3.8, 4) is 5.75 Å². The maximum atomic E-state index is 5.36. The smallest absolute Gasteiger partial charge is 0.122 e. The molecular weight excluding hydrogens is 282 g/mol. The summed E-state index contributed by atoms with van der Waals surface area (Å²) in [4.78, 5) is 0. The van der Waals surface area contributed by atoms with Crippen molar-refractivity contribution in [3.05, 3.63) is 65.2 Å². The first-order chi connectivity index (χ1) is 9.83. The molecule has 0 aliphatic carbocycles. The molecule has 0 spiro atoms. The highest BCUT2D eigenvalue weighted by Crippen LogP contribution is 2.17. The highest BCUT2D eigenvalue weighted by molar-refractivity contribution is 5.85. The van der Waals surface area contributed by atoms with Gasteiger partial charge in [-0.2, -0.15) is 0 Å². The summed E-state index contributed by atoms with van der Waals surface area (Å²) in [6.45, 7) is 4.05. The normalized spacial score (nSPS) is 10.0. The Kier molecular flexibility index (Phi) is 7.88. The zero-order valence-corrected chi connectivity index (χ0v) is 13.6. The lowest BCUT2D eigenvalue weighted by Gasteiger charge is -2.09. The SMILES string of the molecule is CCc1ccc(CNCCc2ccccc2OC)cc1.Cl. The minimum atomic E-state index is 0. The molecule has 0 unspecified atom stereocenters. The fourth-order valence-corrected chi connectivity index (χ4v) is 2.26. The Balaban J connectivity index is 0.00000220. The summed E-state index contributed by atoms with van der Waals surface area (Å²) in [5, 5.41) is 3.48. The quantitative estimate of drug-likeness (QED) is 0.780. The zero-order valence-electron chi connectivity index (χ0n) is 12.8. The Morgan fingerprint density at radius 2 is 1.62 bits per heavy atom. The second-order valence-corrected chi connectivity index (χ2v) is 4.91. The van der Waals surface area contributed by atoms with Gasteiger partial charge in [0.2, 0.25) is 0 Å². The molecular formula is C18H24ClNO. The van der Waals surface area contributed by atoms with Crippen LogP contribution >= 0.6 is 12.4 Å². The predicted octanol–water partition coefficient (Wildman–Crippen LogP) is 4.01. The molecule has 2 rings (SSSR count). The van der Waals surface area contributed by atoms with Crippen LogP contribution in [0.4, 0.5) is 0 Å². The van der Waals surface area contributed by atoms with Gasteiger partial charge in [0.15, 0.2) is 0 Å². The number of rotatable bonds is 7. The van der Waals surface area contributed by atoms with Gasteiger partial charge in [-0.25, -0.2) is 0 Å². The molecule has 0 saturated carbocycles. The predicted molar refractivity (Wildman–Crippen MR) is 91.5 cm³/mol. The number of nitrogens with one attached hydrogen (secondary N) is 1. The van der Waals surface area contributed by atoms with Crippen molar-refractivity contribution in [2.45, 2.75) is 26.3 Å². The average Bonchev–Trinajstić information content (AvgIpc) is 2.52. The van der Waals surface area contributed by atoms with E-state index in [1.807, 2.05) is 12.1 Å². The maximum absolute atomic E-state index is 5.36. The van der Waals surface area contributed by atoms with E-state index < -0.39 is 0 Å². The van der Waals surface area contributed by atoms with Crippen molar-refractivity contribution in [3.63, 3.8) is 0 Å². The lowest BCUT2D eigenvalue weighted by atomic mass is 10.1. The molecule has 2 nitrogen and oxygen atoms in total. The summed E-state index contributed by atoms with van der Waals surface area (Å²) in [6, 6.07) is 17.0. The van der Waals surface area contributed by atoms with Gasteiger partial charge in [-0.15, -0.1) is 12.4 Å². The second-order valence-electron chi connectivity index (χ2n) is 4.91. The van der Waals surface area contributed by atoms with Crippen LogP contribution in [0.15, 0.2) is 48.5 Å². The van der Waals surface area contributed by atoms with Gasteiger partial charge in [-0.05, 0) is 42.1 Å². The molecule has 21 heavy (non-hydrogen) atoms. The molecule has 0 aromatic heterocycles. The van der Waals surface area contributed by atoms with Crippen LogP contribution in [0.3, 0.4) is 0 Å². The van der Waals surface area contributed by atoms with E-state index in [2.05, 4.69) is 48.6 Å². The van der Waals surface area contributed by atoms with Gasteiger partial charge < -0.3 is 10.1 Å². The van der Waals surface area contributed by atoms with Crippen LogP contribution in [0.2, 0.25) is 0 Å². The lowest BCUT2D eigenvalue weighted by Crippen LogP contribution is -2.16. The third kappa shape index (κ3) is 5.41. The summed E-state index contributed by atoms with van der Waals surface area (Å²) in [7, 11) is 1.72. The van der Waals surface area contributed by atoms with Gasteiger partial charge in [0.1, 0.15) is 5.75 Å². The monoisotopic (exact) mass is 305 g/mol. The first-order valence-corrected chi connectivity index (χ1v) is 7.24. The van der Waals surface area contributed by atoms with E-state index in [4.69, 9.17) is 4.74 Å². The highest BCUT2D eigenvalue weighted by Gasteiger charge is 2.00. The van der Waals surface area contributed by atoms with E-state index in [-0.39, 0.29) is 12.4 Å². The molecule has 1 N–H and O–H groups in total. The molecule has 0 heterocycles. The van der Waals surface area contributed by atoms with Crippen LogP contribution in [-0.4, -0.2) is 13.7 Å². The molecule has 0 fully saturated rings. The van der Waals surface area contributed by atoms with Gasteiger partial charge >= 0.3 is 0 Å². The average molecular weight is 306 g/mol. The van der Waals surface area contributed by atoms with E-state index in [0.29, 0.717) is 0 Å². The van der Waals surface area contributed by atoms with E-state index in [1.165, 1.54) is 16.7 Å². The summed E-state index contributed by atoms with van der Waals surface area (Å²) in [5.41, 5.74) is 3.98. The van der Waals surface area contributed by atoms with Crippen molar-refractivity contribution in [1.82, 2.24) is 5.32 Å². The van der Waals surface area contributed by atoms with Crippen LogP contribution in [0.25, 0.3) is 0 Å². The Morgan fingerprint density at radius 3 is 2.29 bits per heavy atom. The second kappa shape index (κ2) is 9.43. The number of ether oxygens (including phenoxy) is 1. The van der Waals surface area contributed by atoms with Crippen molar-refractivity contribution in [2.24, 2.45) is 0 Å². The van der Waals surface area contributed by atoms with Gasteiger partial charge in [0, 0.05) is 6.54 Å². The minimum Gasteiger partial charge on any atom is -0.496 e. The number of hydrogen-bond acceptors (Lipinski definition) is 2. The molecule has 0 aliphatic heterocycles. The molecule has 0 atom stereocenters. The van der Waals surface area contributed by atoms with Gasteiger partial charge in [0.25, 0.3) is 0 Å². The van der Waals surface area contributed by atoms with Crippen molar-refractivity contribution in [2.75, 3.05) is 13.7 Å². The molecule has 114 valence electrons. The van der Waals surface area contributed by atoms with E-state index in [0.717, 1.165) is 31.7 Å². The molecule has 0 saturated heterocycles. The van der Waals surface area contributed by atoms with Crippen LogP contribution in [-0.2, 0) is 19.4 Å². The fraction of sp³-hybridized carbons (Fsp3) is 0.333. The highest BCUT2D eigenvalue weighted by atomic mass is 35.5. The van der Waals surface area contributed by atoms with E-state index >= 15 is 0 Å². The third-order valence-electron chi connectivity index (χ3n) is 3.52. The Labute approximate surface area is 133 Å². The van der Waals surface area contributed by atoms with Crippen LogP contribution in [0.1, 0.15) is 23.6 Å². The number of para-hydroxylation sites is 1. The summed E-state index contributed by atoms with van der Waals surface area (Å²) in [6.07, 6.45) is 2.08. The minimum absolute atomic E-state index is 0. The summed E-state index contributed by atoms with van der Waals surface area (Å²) < 4.78 is 5.36. The molecule has 2 aromatic rings. The maximum Gasteiger partial charge on any atom is 0.122 e. The molecule has 0 radical (unpaired) electrons. The molecule has 3 heteroatoms. The van der Waals surface area contributed by atoms with Crippen LogP contribution < -0.4 is 10.1 Å². The van der Waals surface area contributed by atoms with Crippen LogP contribution in [0, 0.1) is 0 Å². The number of halogens is 1. The zero-order chi connectivity index (χ0) is 14.2. The van der Waals surface area contributed by atoms with Gasteiger partial charge in [-0.1, -0.05) is 49.4 Å². The molecule has 0 bridgehead atoms. The number of hydrogen-bond donors (Lipinski definition) is 1. The topological polar surface area (TPSA) is 21.3 Å². The number of aryl methyl sites for hydroxylation is 1. The largest absolute Gasteiger partial charge is 0.496 e. The van der Waals surface area contributed by atoms with Crippen LogP contribution in [0.5, 0.6) is 5.75 Å². The van der Waals surface area contributed by atoms with Crippen molar-refractivity contribution >= 4 is 12.4 Å². The molecule has 0 aliphatic rings. The summed E-state index contributed by atoms with van der Waals surface area (Å²) >= 11 is 0.